The minimum atomic E-state index is -0.667. The van der Waals surface area contributed by atoms with Gasteiger partial charge in [-0.3, -0.25) is 4.98 Å². The fourth-order valence-corrected chi connectivity index (χ4v) is 3.39. The Balaban J connectivity index is 2.95. The van der Waals surface area contributed by atoms with E-state index in [1.54, 1.807) is 12.1 Å². The Kier molecular flexibility index (Phi) is 6.99. The van der Waals surface area contributed by atoms with E-state index in [1.807, 2.05) is 46.8 Å². The van der Waals surface area contributed by atoms with Gasteiger partial charge in [-0.05, 0) is 56.2 Å². The minimum absolute atomic E-state index is 0.0231. The van der Waals surface area contributed by atoms with Gasteiger partial charge >= 0.3 is 5.97 Å². The third-order valence-corrected chi connectivity index (χ3v) is 4.64. The Bertz CT molecular complexity index is 973. The SMILES string of the molecule is CC(C)c1nc(CC(C)(C)C)c(C#N)c(-c2ccc(Cl)cc2)c1C(=O)OC(C)(C)C. The molecule has 0 saturated heterocycles. The summed E-state index contributed by atoms with van der Waals surface area (Å²) in [6.07, 6.45) is 0.616. The first-order valence-corrected chi connectivity index (χ1v) is 10.6. The predicted octanol–water partition coefficient (Wildman–Crippen LogP) is 6.94. The summed E-state index contributed by atoms with van der Waals surface area (Å²) >= 11 is 6.09. The third kappa shape index (κ3) is 5.83. The Morgan fingerprint density at radius 2 is 1.70 bits per heavy atom. The van der Waals surface area contributed by atoms with Crippen LogP contribution >= 0.6 is 11.6 Å². The lowest BCUT2D eigenvalue weighted by atomic mass is 9.84. The van der Waals surface area contributed by atoms with Crippen molar-refractivity contribution in [2.45, 2.75) is 73.3 Å². The van der Waals surface area contributed by atoms with Gasteiger partial charge in [-0.15, -0.1) is 0 Å². The number of benzene rings is 1. The molecule has 0 radical (unpaired) electrons. The van der Waals surface area contributed by atoms with E-state index in [-0.39, 0.29) is 11.3 Å². The topological polar surface area (TPSA) is 63.0 Å². The number of rotatable bonds is 4. The first-order valence-electron chi connectivity index (χ1n) is 10.2. The van der Waals surface area contributed by atoms with Crippen molar-refractivity contribution < 1.29 is 9.53 Å². The van der Waals surface area contributed by atoms with Crippen LogP contribution in [-0.2, 0) is 11.2 Å². The predicted molar refractivity (Wildman–Crippen MR) is 122 cm³/mol. The lowest BCUT2D eigenvalue weighted by Crippen LogP contribution is -2.26. The molecule has 5 heteroatoms. The van der Waals surface area contributed by atoms with Crippen LogP contribution in [0.4, 0.5) is 0 Å². The van der Waals surface area contributed by atoms with Crippen molar-refractivity contribution in [2.24, 2.45) is 5.41 Å². The molecule has 0 atom stereocenters. The molecule has 0 aliphatic rings. The molecular weight excluding hydrogens is 396 g/mol. The molecule has 0 spiro atoms. The van der Waals surface area contributed by atoms with Crippen LogP contribution in [0.15, 0.2) is 24.3 Å². The maximum atomic E-state index is 13.3. The maximum absolute atomic E-state index is 13.3. The van der Waals surface area contributed by atoms with Crippen molar-refractivity contribution >= 4 is 17.6 Å². The molecule has 1 aromatic heterocycles. The molecule has 1 aromatic carbocycles. The number of hydrogen-bond donors (Lipinski definition) is 0. The average Bonchev–Trinajstić information content (AvgIpc) is 2.58. The molecule has 0 bridgehead atoms. The van der Waals surface area contributed by atoms with Crippen LogP contribution in [0.25, 0.3) is 11.1 Å². The van der Waals surface area contributed by atoms with E-state index in [0.29, 0.717) is 39.5 Å². The number of hydrogen-bond acceptors (Lipinski definition) is 4. The molecule has 0 amide bonds. The van der Waals surface area contributed by atoms with Gasteiger partial charge in [0.2, 0.25) is 0 Å². The average molecular weight is 427 g/mol. The van der Waals surface area contributed by atoms with Gasteiger partial charge in [0, 0.05) is 10.6 Å². The monoisotopic (exact) mass is 426 g/mol. The minimum Gasteiger partial charge on any atom is -0.456 e. The van der Waals surface area contributed by atoms with Crippen molar-refractivity contribution in [3.05, 3.63) is 51.8 Å². The zero-order valence-corrected chi connectivity index (χ0v) is 19.9. The molecule has 0 saturated carbocycles. The van der Waals surface area contributed by atoms with E-state index in [9.17, 15) is 10.1 Å². The summed E-state index contributed by atoms with van der Waals surface area (Å²) in [7, 11) is 0. The first-order chi connectivity index (χ1) is 13.7. The van der Waals surface area contributed by atoms with Gasteiger partial charge in [0.1, 0.15) is 11.7 Å². The molecule has 0 unspecified atom stereocenters. The Hall–Kier alpha value is -2.38. The van der Waals surface area contributed by atoms with E-state index in [4.69, 9.17) is 21.3 Å². The summed E-state index contributed by atoms with van der Waals surface area (Å²) in [5.74, 6) is -0.493. The highest BCUT2D eigenvalue weighted by atomic mass is 35.5. The Labute approximate surface area is 185 Å². The van der Waals surface area contributed by atoms with E-state index in [1.165, 1.54) is 0 Å². The smallest absolute Gasteiger partial charge is 0.341 e. The van der Waals surface area contributed by atoms with Gasteiger partial charge in [-0.25, -0.2) is 4.79 Å². The standard InChI is InChI=1S/C25H31ClN2O2/c1-15(2)22-21(23(29)30-25(6,7)8)20(16-9-11-17(26)12-10-16)18(14-27)19(28-22)13-24(3,4)5/h9-12,15H,13H2,1-8H3. The molecular formula is C25H31ClN2O2. The number of nitrogens with zero attached hydrogens (tertiary/aromatic N) is 2. The summed E-state index contributed by atoms with van der Waals surface area (Å²) in [6, 6.07) is 9.50. The van der Waals surface area contributed by atoms with Crippen LogP contribution in [0, 0.1) is 16.7 Å². The summed E-state index contributed by atoms with van der Waals surface area (Å²) in [4.78, 5) is 18.1. The summed E-state index contributed by atoms with van der Waals surface area (Å²) < 4.78 is 5.73. The highest BCUT2D eigenvalue weighted by Gasteiger charge is 2.31. The number of nitriles is 1. The van der Waals surface area contributed by atoms with Crippen molar-refractivity contribution in [2.75, 3.05) is 0 Å². The van der Waals surface area contributed by atoms with Gasteiger partial charge in [0.25, 0.3) is 0 Å². The second kappa shape index (κ2) is 8.78. The van der Waals surface area contributed by atoms with E-state index >= 15 is 0 Å². The maximum Gasteiger partial charge on any atom is 0.341 e. The van der Waals surface area contributed by atoms with Gasteiger partial charge in [-0.1, -0.05) is 58.4 Å². The first kappa shape index (κ1) is 23.9. The van der Waals surface area contributed by atoms with Gasteiger partial charge in [-0.2, -0.15) is 5.26 Å². The quantitative estimate of drug-likeness (QED) is 0.496. The van der Waals surface area contributed by atoms with Crippen molar-refractivity contribution in [1.29, 1.82) is 5.26 Å². The van der Waals surface area contributed by atoms with Gasteiger partial charge in [0.15, 0.2) is 0 Å². The zero-order valence-electron chi connectivity index (χ0n) is 19.2. The fraction of sp³-hybridized carbons (Fsp3) is 0.480. The number of carbonyl (C=O) groups is 1. The molecule has 160 valence electrons. The molecule has 4 nitrogen and oxygen atoms in total. The van der Waals surface area contributed by atoms with Crippen molar-refractivity contribution in [1.82, 2.24) is 4.98 Å². The summed E-state index contributed by atoms with van der Waals surface area (Å²) in [5.41, 5.74) is 2.70. The molecule has 0 aliphatic heterocycles. The number of ether oxygens (including phenoxy) is 1. The molecule has 0 aliphatic carbocycles. The number of pyridine rings is 1. The van der Waals surface area contributed by atoms with Crippen LogP contribution in [0.3, 0.4) is 0 Å². The highest BCUT2D eigenvalue weighted by Crippen LogP contribution is 2.37. The van der Waals surface area contributed by atoms with E-state index in [2.05, 4.69) is 26.8 Å². The third-order valence-electron chi connectivity index (χ3n) is 4.39. The molecule has 2 rings (SSSR count). The molecule has 1 heterocycles. The molecule has 0 fully saturated rings. The second-order valence-electron chi connectivity index (χ2n) is 10.1. The largest absolute Gasteiger partial charge is 0.456 e. The van der Waals surface area contributed by atoms with E-state index < -0.39 is 11.6 Å². The fourth-order valence-electron chi connectivity index (χ4n) is 3.26. The normalized spacial score (nSPS) is 12.0. The van der Waals surface area contributed by atoms with Crippen molar-refractivity contribution in [3.8, 4) is 17.2 Å². The summed E-state index contributed by atoms with van der Waals surface area (Å²) in [6.45, 7) is 15.8. The second-order valence-corrected chi connectivity index (χ2v) is 10.5. The lowest BCUT2D eigenvalue weighted by molar-refractivity contribution is 0.00682. The van der Waals surface area contributed by atoms with Crippen LogP contribution in [0.1, 0.15) is 88.6 Å². The van der Waals surface area contributed by atoms with Crippen LogP contribution in [0.2, 0.25) is 5.02 Å². The number of halogens is 1. The highest BCUT2D eigenvalue weighted by molar-refractivity contribution is 6.30. The van der Waals surface area contributed by atoms with Crippen molar-refractivity contribution in [3.63, 3.8) is 0 Å². The lowest BCUT2D eigenvalue weighted by Gasteiger charge is -2.26. The Morgan fingerprint density at radius 1 is 1.13 bits per heavy atom. The molecule has 2 aromatic rings. The molecule has 0 N–H and O–H groups in total. The van der Waals surface area contributed by atoms with Crippen LogP contribution in [0.5, 0.6) is 0 Å². The number of carbonyl (C=O) groups excluding carboxylic acids is 1. The number of esters is 1. The van der Waals surface area contributed by atoms with E-state index in [0.717, 1.165) is 5.56 Å². The Morgan fingerprint density at radius 3 is 2.13 bits per heavy atom. The van der Waals surface area contributed by atoms with Gasteiger partial charge in [0.05, 0.1) is 22.5 Å². The summed E-state index contributed by atoms with van der Waals surface area (Å²) in [5, 5.41) is 10.7. The molecule has 30 heavy (non-hydrogen) atoms. The van der Waals surface area contributed by atoms with Gasteiger partial charge < -0.3 is 4.74 Å². The van der Waals surface area contributed by atoms with Crippen LogP contribution in [-0.4, -0.2) is 16.6 Å². The van der Waals surface area contributed by atoms with Crippen LogP contribution < -0.4 is 0 Å². The number of aromatic nitrogens is 1. The zero-order chi connectivity index (χ0) is 22.9.